The number of esters is 1. The largest absolute Gasteiger partial charge is 0.465 e. The molecule has 0 amide bonds. The lowest BCUT2D eigenvalue weighted by Gasteiger charge is -2.04. The molecule has 0 saturated carbocycles. The summed E-state index contributed by atoms with van der Waals surface area (Å²) in [7, 11) is 0. The molecule has 0 aromatic heterocycles. The molecule has 0 aromatic carbocycles. The van der Waals surface area contributed by atoms with Crippen molar-refractivity contribution in [3.8, 4) is 0 Å². The molecule has 0 atom stereocenters. The Bertz CT molecular complexity index is 309. The SMILES string of the molecule is CCCC/C=C/CC(=O)OCCCCCCCCCCCCCCCC. The molecule has 0 aliphatic heterocycles. The Morgan fingerprint density at radius 1 is 0.615 bits per heavy atom. The van der Waals surface area contributed by atoms with E-state index in [4.69, 9.17) is 4.74 Å². The lowest BCUT2D eigenvalue weighted by Crippen LogP contribution is -2.04. The van der Waals surface area contributed by atoms with Crippen LogP contribution in [0.4, 0.5) is 0 Å². The lowest BCUT2D eigenvalue weighted by molar-refractivity contribution is -0.142. The van der Waals surface area contributed by atoms with Crippen molar-refractivity contribution in [3.05, 3.63) is 12.2 Å². The molecule has 26 heavy (non-hydrogen) atoms. The lowest BCUT2D eigenvalue weighted by atomic mass is 10.0. The first kappa shape index (κ1) is 25.2. The summed E-state index contributed by atoms with van der Waals surface area (Å²) in [4.78, 5) is 11.5. The fraction of sp³-hybridized carbons (Fsp3) is 0.875. The molecule has 0 saturated heterocycles. The van der Waals surface area contributed by atoms with E-state index >= 15 is 0 Å². The highest BCUT2D eigenvalue weighted by Gasteiger charge is 1.99. The van der Waals surface area contributed by atoms with Crippen molar-refractivity contribution in [2.45, 2.75) is 129 Å². The molecule has 0 bridgehead atoms. The summed E-state index contributed by atoms with van der Waals surface area (Å²) in [6, 6.07) is 0. The van der Waals surface area contributed by atoms with Crippen LogP contribution in [0.15, 0.2) is 12.2 Å². The number of allylic oxidation sites excluding steroid dienone is 1. The highest BCUT2D eigenvalue weighted by atomic mass is 16.5. The standard InChI is InChI=1S/C24H46O2/c1-3-5-7-9-10-11-12-13-14-15-16-17-19-21-23-26-24(25)22-20-18-8-6-4-2/h18,20H,3-17,19,21-23H2,1-2H3/b20-18+. The molecular weight excluding hydrogens is 320 g/mol. The number of carbonyl (C=O) groups is 1. The van der Waals surface area contributed by atoms with Gasteiger partial charge in [0, 0.05) is 0 Å². The predicted octanol–water partition coefficient (Wildman–Crippen LogP) is 8.15. The van der Waals surface area contributed by atoms with Gasteiger partial charge in [-0.25, -0.2) is 0 Å². The maximum Gasteiger partial charge on any atom is 0.309 e. The van der Waals surface area contributed by atoms with Crippen molar-refractivity contribution in [2.24, 2.45) is 0 Å². The van der Waals surface area contributed by atoms with Gasteiger partial charge < -0.3 is 4.74 Å². The van der Waals surface area contributed by atoms with E-state index < -0.39 is 0 Å². The third kappa shape index (κ3) is 21.3. The molecule has 0 heterocycles. The number of unbranched alkanes of at least 4 members (excludes halogenated alkanes) is 15. The van der Waals surface area contributed by atoms with Crippen molar-refractivity contribution in [1.29, 1.82) is 0 Å². The van der Waals surface area contributed by atoms with E-state index in [9.17, 15) is 4.79 Å². The summed E-state index contributed by atoms with van der Waals surface area (Å²) in [5, 5.41) is 0. The van der Waals surface area contributed by atoms with Crippen molar-refractivity contribution < 1.29 is 9.53 Å². The van der Waals surface area contributed by atoms with E-state index in [-0.39, 0.29) is 5.97 Å². The number of rotatable bonds is 20. The van der Waals surface area contributed by atoms with Crippen LogP contribution >= 0.6 is 0 Å². The van der Waals surface area contributed by atoms with Crippen LogP contribution in [0.3, 0.4) is 0 Å². The highest BCUT2D eigenvalue weighted by molar-refractivity contribution is 5.71. The van der Waals surface area contributed by atoms with Gasteiger partial charge in [0.05, 0.1) is 13.0 Å². The van der Waals surface area contributed by atoms with Gasteiger partial charge in [-0.1, -0.05) is 122 Å². The van der Waals surface area contributed by atoms with Gasteiger partial charge in [-0.15, -0.1) is 0 Å². The second-order valence-electron chi connectivity index (χ2n) is 7.63. The Morgan fingerprint density at radius 3 is 1.58 bits per heavy atom. The molecule has 154 valence electrons. The molecule has 0 aromatic rings. The molecular formula is C24H46O2. The summed E-state index contributed by atoms with van der Waals surface area (Å²) in [6.45, 7) is 5.05. The number of hydrogen-bond acceptors (Lipinski definition) is 2. The Balaban J connectivity index is 3.15. The first-order chi connectivity index (χ1) is 12.8. The minimum absolute atomic E-state index is 0.0764. The molecule has 0 radical (unpaired) electrons. The first-order valence-corrected chi connectivity index (χ1v) is 11.6. The molecule has 0 aliphatic rings. The summed E-state index contributed by atoms with van der Waals surface area (Å²) in [5.74, 6) is -0.0764. The zero-order chi connectivity index (χ0) is 19.1. The molecule has 0 unspecified atom stereocenters. The number of ether oxygens (including phenoxy) is 1. The van der Waals surface area contributed by atoms with Gasteiger partial charge >= 0.3 is 5.97 Å². The van der Waals surface area contributed by atoms with Crippen molar-refractivity contribution in [1.82, 2.24) is 0 Å². The second-order valence-corrected chi connectivity index (χ2v) is 7.63. The van der Waals surface area contributed by atoms with Crippen LogP contribution in [0.2, 0.25) is 0 Å². The van der Waals surface area contributed by atoms with E-state index in [2.05, 4.69) is 19.9 Å². The van der Waals surface area contributed by atoms with Crippen molar-refractivity contribution in [3.63, 3.8) is 0 Å². The zero-order valence-electron chi connectivity index (χ0n) is 17.9. The topological polar surface area (TPSA) is 26.3 Å². The van der Waals surface area contributed by atoms with Gasteiger partial charge in [0.2, 0.25) is 0 Å². The molecule has 0 spiro atoms. The van der Waals surface area contributed by atoms with Crippen LogP contribution in [0, 0.1) is 0 Å². The Kier molecular flexibility index (Phi) is 21.6. The van der Waals surface area contributed by atoms with Crippen molar-refractivity contribution >= 4 is 5.97 Å². The van der Waals surface area contributed by atoms with Crippen LogP contribution in [0.5, 0.6) is 0 Å². The fourth-order valence-electron chi connectivity index (χ4n) is 3.16. The molecule has 0 rings (SSSR count). The summed E-state index contributed by atoms with van der Waals surface area (Å²) in [5.41, 5.74) is 0. The minimum Gasteiger partial charge on any atom is -0.465 e. The number of carbonyl (C=O) groups excluding carboxylic acids is 1. The normalized spacial score (nSPS) is 11.3. The van der Waals surface area contributed by atoms with Gasteiger partial charge in [-0.2, -0.15) is 0 Å². The Hall–Kier alpha value is -0.790. The van der Waals surface area contributed by atoms with Gasteiger partial charge in [-0.05, 0) is 12.8 Å². The summed E-state index contributed by atoms with van der Waals surface area (Å²) in [6.07, 6.45) is 26.9. The summed E-state index contributed by atoms with van der Waals surface area (Å²) >= 11 is 0. The van der Waals surface area contributed by atoms with Gasteiger partial charge in [0.25, 0.3) is 0 Å². The van der Waals surface area contributed by atoms with E-state index in [0.717, 1.165) is 12.8 Å². The van der Waals surface area contributed by atoms with E-state index in [0.29, 0.717) is 13.0 Å². The van der Waals surface area contributed by atoms with E-state index in [1.165, 1.54) is 96.3 Å². The summed E-state index contributed by atoms with van der Waals surface area (Å²) < 4.78 is 5.27. The van der Waals surface area contributed by atoms with Crippen LogP contribution in [-0.2, 0) is 9.53 Å². The van der Waals surface area contributed by atoms with Gasteiger partial charge in [-0.3, -0.25) is 4.79 Å². The smallest absolute Gasteiger partial charge is 0.309 e. The maximum atomic E-state index is 11.5. The van der Waals surface area contributed by atoms with Crippen LogP contribution in [0.25, 0.3) is 0 Å². The van der Waals surface area contributed by atoms with Crippen LogP contribution < -0.4 is 0 Å². The minimum atomic E-state index is -0.0764. The number of hydrogen-bond donors (Lipinski definition) is 0. The predicted molar refractivity (Wildman–Crippen MR) is 115 cm³/mol. The Labute approximate surface area is 164 Å². The third-order valence-electron chi connectivity index (χ3n) is 4.94. The van der Waals surface area contributed by atoms with Crippen molar-refractivity contribution in [2.75, 3.05) is 6.61 Å². The molecule has 0 fully saturated rings. The monoisotopic (exact) mass is 366 g/mol. The van der Waals surface area contributed by atoms with E-state index in [1.807, 2.05) is 6.08 Å². The third-order valence-corrected chi connectivity index (χ3v) is 4.94. The van der Waals surface area contributed by atoms with Gasteiger partial charge in [0.15, 0.2) is 0 Å². The molecule has 2 nitrogen and oxygen atoms in total. The average molecular weight is 367 g/mol. The molecule has 0 N–H and O–H groups in total. The maximum absolute atomic E-state index is 11.5. The zero-order valence-corrected chi connectivity index (χ0v) is 17.9. The van der Waals surface area contributed by atoms with E-state index in [1.54, 1.807) is 0 Å². The first-order valence-electron chi connectivity index (χ1n) is 11.6. The highest BCUT2D eigenvalue weighted by Crippen LogP contribution is 2.13. The molecule has 2 heteroatoms. The van der Waals surface area contributed by atoms with Crippen LogP contribution in [-0.4, -0.2) is 12.6 Å². The quantitative estimate of drug-likeness (QED) is 0.123. The van der Waals surface area contributed by atoms with Crippen LogP contribution in [0.1, 0.15) is 129 Å². The Morgan fingerprint density at radius 2 is 1.08 bits per heavy atom. The average Bonchev–Trinajstić information content (AvgIpc) is 2.64. The molecule has 0 aliphatic carbocycles. The fourth-order valence-corrected chi connectivity index (χ4v) is 3.16. The van der Waals surface area contributed by atoms with Gasteiger partial charge in [0.1, 0.15) is 0 Å². The second kappa shape index (κ2) is 22.3.